The summed E-state index contributed by atoms with van der Waals surface area (Å²) in [7, 11) is 0. The number of carboxylic acids is 1. The summed E-state index contributed by atoms with van der Waals surface area (Å²) in [6, 6.07) is 7.94. The van der Waals surface area contributed by atoms with Gasteiger partial charge in [0, 0.05) is 22.8 Å². The van der Waals surface area contributed by atoms with Gasteiger partial charge in [-0.3, -0.25) is 0 Å². The van der Waals surface area contributed by atoms with Crippen molar-refractivity contribution in [1.82, 2.24) is 19.9 Å². The first kappa shape index (κ1) is 23.2. The fourth-order valence-corrected chi connectivity index (χ4v) is 3.14. The highest BCUT2D eigenvalue weighted by atomic mass is 35.5. The van der Waals surface area contributed by atoms with Gasteiger partial charge in [0.15, 0.2) is 0 Å². The van der Waals surface area contributed by atoms with E-state index in [-0.39, 0.29) is 6.01 Å². The molecule has 0 unspecified atom stereocenters. The van der Waals surface area contributed by atoms with E-state index in [2.05, 4.69) is 19.9 Å². The summed E-state index contributed by atoms with van der Waals surface area (Å²) in [6.07, 6.45) is -2.43. The number of hydrogen-bond donors (Lipinski definition) is 3. The number of halogens is 4. The van der Waals surface area contributed by atoms with Crippen molar-refractivity contribution in [3.8, 4) is 17.6 Å². The number of alkyl halides is 3. The summed E-state index contributed by atoms with van der Waals surface area (Å²) < 4.78 is 43.2. The summed E-state index contributed by atoms with van der Waals surface area (Å²) in [4.78, 5) is 24.1. The van der Waals surface area contributed by atoms with Gasteiger partial charge in [0.2, 0.25) is 5.88 Å². The zero-order valence-corrected chi connectivity index (χ0v) is 17.6. The Morgan fingerprint density at radius 3 is 2.56 bits per heavy atom. The van der Waals surface area contributed by atoms with Gasteiger partial charge in [0.25, 0.3) is 0 Å². The summed E-state index contributed by atoms with van der Waals surface area (Å²) >= 11 is 6.43. The fraction of sp³-hybridized carbons (Fsp3) is 0.250. The Morgan fingerprint density at radius 2 is 1.94 bits per heavy atom. The van der Waals surface area contributed by atoms with Gasteiger partial charge in [-0.2, -0.15) is 23.1 Å². The minimum Gasteiger partial charge on any atom is -0.477 e. The van der Waals surface area contributed by atoms with Crippen molar-refractivity contribution < 1.29 is 32.5 Å². The number of aliphatic carboxylic acids is 1. The lowest BCUT2D eigenvalue weighted by atomic mass is 10.2. The van der Waals surface area contributed by atoms with E-state index in [1.807, 2.05) is 44.3 Å². The average Bonchev–Trinajstić information content (AvgIpc) is 3.31. The van der Waals surface area contributed by atoms with Gasteiger partial charge in [-0.1, -0.05) is 18.5 Å². The van der Waals surface area contributed by atoms with Crippen molar-refractivity contribution in [3.05, 3.63) is 41.2 Å². The molecular formula is C20H18ClF3N4O4. The first-order chi connectivity index (χ1) is 15.1. The Labute approximate surface area is 184 Å². The number of nitrogens with one attached hydrogen (secondary N) is 2. The predicted octanol–water partition coefficient (Wildman–Crippen LogP) is 5.48. The number of benzene rings is 1. The molecule has 3 aromatic heterocycles. The van der Waals surface area contributed by atoms with Crippen LogP contribution in [0.2, 0.25) is 5.02 Å². The molecule has 0 atom stereocenters. The number of aromatic amines is 2. The van der Waals surface area contributed by atoms with Crippen molar-refractivity contribution in [1.29, 1.82) is 0 Å². The molecule has 4 aromatic rings. The molecule has 3 heterocycles. The molecular weight excluding hydrogens is 453 g/mol. The number of carboxylic acid groups (broad SMARTS) is 1. The van der Waals surface area contributed by atoms with Crippen molar-refractivity contribution in [2.45, 2.75) is 26.4 Å². The normalized spacial score (nSPS) is 11.3. The number of aryl methyl sites for hydroxylation is 1. The van der Waals surface area contributed by atoms with E-state index in [0.717, 1.165) is 23.0 Å². The summed E-state index contributed by atoms with van der Waals surface area (Å²) in [5.74, 6) is -1.68. The second-order valence-electron chi connectivity index (χ2n) is 6.37. The third-order valence-electron chi connectivity index (χ3n) is 4.22. The number of hydrogen-bond acceptors (Lipinski definition) is 5. The molecule has 0 radical (unpaired) electrons. The van der Waals surface area contributed by atoms with Crippen LogP contribution in [0.25, 0.3) is 21.9 Å². The lowest BCUT2D eigenvalue weighted by Gasteiger charge is -2.08. The lowest BCUT2D eigenvalue weighted by Crippen LogP contribution is -2.21. The molecule has 0 spiro atoms. The molecule has 0 aliphatic rings. The minimum atomic E-state index is -5.08. The van der Waals surface area contributed by atoms with Crippen LogP contribution >= 0.6 is 11.6 Å². The number of aromatic nitrogens is 4. The molecule has 3 N–H and O–H groups in total. The van der Waals surface area contributed by atoms with Crippen LogP contribution in [-0.4, -0.2) is 43.8 Å². The number of nitrogens with zero attached hydrogens (tertiary/aromatic N) is 2. The van der Waals surface area contributed by atoms with Gasteiger partial charge in [-0.15, -0.1) is 0 Å². The highest BCUT2D eigenvalue weighted by molar-refractivity contribution is 6.36. The molecule has 0 aliphatic heterocycles. The maximum Gasteiger partial charge on any atom is 0.490 e. The second kappa shape index (κ2) is 9.35. The van der Waals surface area contributed by atoms with Crippen molar-refractivity contribution in [2.75, 3.05) is 6.61 Å². The Kier molecular flexibility index (Phi) is 6.78. The molecule has 8 nitrogen and oxygen atoms in total. The van der Waals surface area contributed by atoms with E-state index in [1.165, 1.54) is 0 Å². The van der Waals surface area contributed by atoms with E-state index in [9.17, 15) is 13.2 Å². The quantitative estimate of drug-likeness (QED) is 0.356. The summed E-state index contributed by atoms with van der Waals surface area (Å²) in [5, 5.41) is 9.47. The molecule has 170 valence electrons. The number of fused-ring (bicyclic) bond motifs is 2. The van der Waals surface area contributed by atoms with Crippen LogP contribution in [0.3, 0.4) is 0 Å². The number of rotatable bonds is 5. The third-order valence-corrected chi connectivity index (χ3v) is 4.64. The summed E-state index contributed by atoms with van der Waals surface area (Å²) in [5.41, 5.74) is 2.55. The monoisotopic (exact) mass is 470 g/mol. The standard InChI is InChI=1S/C18H17ClN4O2.C2HF3O2/c1-3-12-15(19)14-16(21-12)22-18(23-17(14)24-4-2)25-11-5-6-13-10(9-11)7-8-20-13;3-2(4,5)1(6)7/h5-9,20H,3-4H2,1-2H3,(H,21,22,23);(H,6,7). The average molecular weight is 471 g/mol. The molecule has 0 bridgehead atoms. The Morgan fingerprint density at radius 1 is 1.22 bits per heavy atom. The Bertz CT molecular complexity index is 1250. The zero-order chi connectivity index (χ0) is 23.5. The number of H-pyrrole nitrogens is 2. The topological polar surface area (TPSA) is 113 Å². The molecule has 32 heavy (non-hydrogen) atoms. The van der Waals surface area contributed by atoms with Crippen LogP contribution in [-0.2, 0) is 11.2 Å². The van der Waals surface area contributed by atoms with Gasteiger partial charge in [0.1, 0.15) is 16.8 Å². The third kappa shape index (κ3) is 5.05. The Balaban J connectivity index is 0.000000360. The van der Waals surface area contributed by atoms with Gasteiger partial charge in [-0.05, 0) is 37.6 Å². The Hall–Kier alpha value is -3.47. The van der Waals surface area contributed by atoms with E-state index in [0.29, 0.717) is 34.3 Å². The lowest BCUT2D eigenvalue weighted by molar-refractivity contribution is -0.192. The molecule has 0 amide bonds. The molecule has 0 fully saturated rings. The van der Waals surface area contributed by atoms with Crippen LogP contribution in [0.1, 0.15) is 19.5 Å². The van der Waals surface area contributed by atoms with Crippen molar-refractivity contribution in [2.24, 2.45) is 0 Å². The minimum absolute atomic E-state index is 0.214. The first-order valence-electron chi connectivity index (χ1n) is 9.40. The molecule has 0 saturated carbocycles. The molecule has 0 saturated heterocycles. The van der Waals surface area contributed by atoms with E-state index in [1.54, 1.807) is 0 Å². The zero-order valence-electron chi connectivity index (χ0n) is 16.9. The number of ether oxygens (including phenoxy) is 2. The number of carbonyl (C=O) groups is 1. The van der Waals surface area contributed by atoms with Crippen molar-refractivity contribution >= 4 is 39.5 Å². The molecule has 0 aliphatic carbocycles. The van der Waals surface area contributed by atoms with E-state index < -0.39 is 12.1 Å². The predicted molar refractivity (Wildman–Crippen MR) is 112 cm³/mol. The largest absolute Gasteiger partial charge is 0.490 e. The summed E-state index contributed by atoms with van der Waals surface area (Å²) in [6.45, 7) is 4.40. The van der Waals surface area contributed by atoms with Crippen LogP contribution in [0, 0.1) is 0 Å². The van der Waals surface area contributed by atoms with Gasteiger partial charge in [0.05, 0.1) is 11.6 Å². The van der Waals surface area contributed by atoms with Crippen LogP contribution in [0.5, 0.6) is 17.6 Å². The highest BCUT2D eigenvalue weighted by Crippen LogP contribution is 2.35. The smallest absolute Gasteiger partial charge is 0.477 e. The molecule has 4 rings (SSSR count). The van der Waals surface area contributed by atoms with Crippen LogP contribution in [0.4, 0.5) is 13.2 Å². The SMILES string of the molecule is CCOc1nc(Oc2ccc3[nH]ccc3c2)nc2[nH]c(CC)c(Cl)c12.O=C(O)C(F)(F)F. The van der Waals surface area contributed by atoms with Crippen molar-refractivity contribution in [3.63, 3.8) is 0 Å². The maximum absolute atomic E-state index is 10.6. The van der Waals surface area contributed by atoms with Gasteiger partial charge < -0.3 is 24.5 Å². The fourth-order valence-electron chi connectivity index (χ4n) is 2.79. The van der Waals surface area contributed by atoms with Gasteiger partial charge in [-0.25, -0.2) is 4.79 Å². The second-order valence-corrected chi connectivity index (χ2v) is 6.75. The van der Waals surface area contributed by atoms with E-state index >= 15 is 0 Å². The molecule has 12 heteroatoms. The van der Waals surface area contributed by atoms with Gasteiger partial charge >= 0.3 is 18.2 Å². The maximum atomic E-state index is 10.6. The van der Waals surface area contributed by atoms with E-state index in [4.69, 9.17) is 31.0 Å². The van der Waals surface area contributed by atoms with Crippen LogP contribution < -0.4 is 9.47 Å². The molecule has 1 aromatic carbocycles. The van der Waals surface area contributed by atoms with Crippen LogP contribution in [0.15, 0.2) is 30.5 Å². The first-order valence-corrected chi connectivity index (χ1v) is 9.77. The highest BCUT2D eigenvalue weighted by Gasteiger charge is 2.38.